The summed E-state index contributed by atoms with van der Waals surface area (Å²) in [5.41, 5.74) is 0. The van der Waals surface area contributed by atoms with Gasteiger partial charge in [-0.25, -0.2) is 0 Å². The molecule has 0 radical (unpaired) electrons. The maximum Gasteiger partial charge on any atom is 0.255 e. The molecule has 1 nitrogen and oxygen atoms in total. The van der Waals surface area contributed by atoms with Gasteiger partial charge in [-0.05, 0) is 23.3 Å². The van der Waals surface area contributed by atoms with E-state index < -0.39 is 8.32 Å². The fourth-order valence-corrected chi connectivity index (χ4v) is 7.07. The average molecular weight is 299 g/mol. The molecule has 0 spiro atoms. The van der Waals surface area contributed by atoms with E-state index in [1.807, 2.05) is 0 Å². The van der Waals surface area contributed by atoms with Crippen molar-refractivity contribution in [1.29, 1.82) is 0 Å². The van der Waals surface area contributed by atoms with E-state index in [1.54, 1.807) is 0 Å². The molecule has 0 unspecified atom stereocenters. The van der Waals surface area contributed by atoms with Gasteiger partial charge >= 0.3 is 0 Å². The molecule has 0 aliphatic heterocycles. The lowest BCUT2D eigenvalue weighted by molar-refractivity contribution is 0.337. The van der Waals surface area contributed by atoms with E-state index in [4.69, 9.17) is 4.43 Å². The van der Waals surface area contributed by atoms with Gasteiger partial charge in [-0.3, -0.25) is 0 Å². The Morgan fingerprint density at radius 2 is 1.29 bits per heavy atom. The Bertz CT molecular complexity index is 470. The quantitative estimate of drug-likeness (QED) is 0.529. The highest BCUT2D eigenvalue weighted by atomic mass is 28.4. The minimum Gasteiger partial charge on any atom is -0.408 e. The zero-order valence-electron chi connectivity index (χ0n) is 13.2. The Morgan fingerprint density at radius 3 is 1.71 bits per heavy atom. The zero-order valence-corrected chi connectivity index (χ0v) is 14.2. The van der Waals surface area contributed by atoms with Crippen LogP contribution in [0.15, 0.2) is 60.7 Å². The van der Waals surface area contributed by atoms with Crippen molar-refractivity contribution in [3.8, 4) is 0 Å². The summed E-state index contributed by atoms with van der Waals surface area (Å²) in [4.78, 5) is 0. The minimum absolute atomic E-state index is 0.780. The Morgan fingerprint density at radius 1 is 0.762 bits per heavy atom. The summed E-state index contributed by atoms with van der Waals surface area (Å²) in [6, 6.07) is 22.9. The van der Waals surface area contributed by atoms with Crippen molar-refractivity contribution in [2.24, 2.45) is 0 Å². The van der Waals surface area contributed by atoms with Crippen LogP contribution in [0, 0.1) is 0 Å². The van der Waals surface area contributed by atoms with E-state index in [-0.39, 0.29) is 0 Å². The highest BCUT2D eigenvalue weighted by molar-refractivity contribution is 6.97. The third-order valence-electron chi connectivity index (χ3n) is 4.00. The van der Waals surface area contributed by atoms with Crippen LogP contribution in [0.3, 0.4) is 0 Å². The molecular formula is C19H26OSi. The smallest absolute Gasteiger partial charge is 0.255 e. The van der Waals surface area contributed by atoms with E-state index in [0.717, 1.165) is 6.61 Å². The molecule has 0 heterocycles. The molecule has 2 heteroatoms. The molecule has 0 bridgehead atoms. The van der Waals surface area contributed by atoms with Crippen LogP contribution in [-0.2, 0) is 4.43 Å². The van der Waals surface area contributed by atoms with Crippen LogP contribution >= 0.6 is 0 Å². The fourth-order valence-electron chi connectivity index (χ4n) is 2.98. The maximum atomic E-state index is 6.49. The minimum atomic E-state index is -2.08. The van der Waals surface area contributed by atoms with Crippen LogP contribution in [-0.4, -0.2) is 14.9 Å². The van der Waals surface area contributed by atoms with E-state index in [1.165, 1.54) is 35.7 Å². The van der Waals surface area contributed by atoms with Crippen molar-refractivity contribution in [3.63, 3.8) is 0 Å². The first-order valence-corrected chi connectivity index (χ1v) is 10.2. The number of hydrogen-bond donors (Lipinski definition) is 0. The second-order valence-corrected chi connectivity index (χ2v) is 9.05. The predicted molar refractivity (Wildman–Crippen MR) is 93.9 cm³/mol. The lowest BCUT2D eigenvalue weighted by atomic mass is 10.3. The Kier molecular flexibility index (Phi) is 6.21. The lowest BCUT2D eigenvalue weighted by Gasteiger charge is -2.32. The van der Waals surface area contributed by atoms with Gasteiger partial charge in [0.05, 0.1) is 0 Å². The number of hydrogen-bond acceptors (Lipinski definition) is 1. The Balaban J connectivity index is 2.44. The van der Waals surface area contributed by atoms with Gasteiger partial charge in [-0.15, -0.1) is 0 Å². The molecule has 0 N–H and O–H groups in total. The second-order valence-electron chi connectivity index (χ2n) is 5.45. The van der Waals surface area contributed by atoms with Gasteiger partial charge in [0.1, 0.15) is 0 Å². The van der Waals surface area contributed by atoms with Gasteiger partial charge in [0.25, 0.3) is 8.32 Å². The average Bonchev–Trinajstić information content (AvgIpc) is 2.56. The standard InChI is InChI=1S/C19H26OSi/c1-3-5-12-17-21(20-4-2,18-13-8-6-9-14-18)19-15-10-7-11-16-19/h6-11,13-16H,3-5,12,17H2,1-2H3. The first-order chi connectivity index (χ1) is 10.3. The molecule has 2 aromatic carbocycles. The number of unbranched alkanes of at least 4 members (excludes halogenated alkanes) is 2. The van der Waals surface area contributed by atoms with Gasteiger partial charge in [-0.1, -0.05) is 86.8 Å². The largest absolute Gasteiger partial charge is 0.408 e. The van der Waals surface area contributed by atoms with Gasteiger partial charge in [-0.2, -0.15) is 0 Å². The molecule has 0 amide bonds. The normalized spacial score (nSPS) is 11.5. The number of rotatable bonds is 8. The van der Waals surface area contributed by atoms with Crippen molar-refractivity contribution in [2.75, 3.05) is 6.61 Å². The summed E-state index contributed by atoms with van der Waals surface area (Å²) >= 11 is 0. The van der Waals surface area contributed by atoms with Gasteiger partial charge in [0.15, 0.2) is 0 Å². The molecular weight excluding hydrogens is 272 g/mol. The van der Waals surface area contributed by atoms with Crippen LogP contribution in [0.1, 0.15) is 33.1 Å². The fraction of sp³-hybridized carbons (Fsp3) is 0.368. The molecule has 112 valence electrons. The van der Waals surface area contributed by atoms with E-state index in [2.05, 4.69) is 74.5 Å². The van der Waals surface area contributed by atoms with Crippen molar-refractivity contribution >= 4 is 18.7 Å². The summed E-state index contributed by atoms with van der Waals surface area (Å²) in [5, 5.41) is 2.79. The van der Waals surface area contributed by atoms with Gasteiger partial charge in [0, 0.05) is 6.61 Å². The Hall–Kier alpha value is -1.38. The molecule has 0 fully saturated rings. The van der Waals surface area contributed by atoms with Gasteiger partial charge < -0.3 is 4.43 Å². The number of benzene rings is 2. The van der Waals surface area contributed by atoms with Crippen LogP contribution in [0.2, 0.25) is 6.04 Å². The highest BCUT2D eigenvalue weighted by Crippen LogP contribution is 2.17. The Labute approximate surface area is 130 Å². The first kappa shape index (κ1) is 16.0. The van der Waals surface area contributed by atoms with E-state index >= 15 is 0 Å². The summed E-state index contributed by atoms with van der Waals surface area (Å²) < 4.78 is 6.49. The van der Waals surface area contributed by atoms with Crippen molar-refractivity contribution in [2.45, 2.75) is 39.2 Å². The summed E-state index contributed by atoms with van der Waals surface area (Å²) in [7, 11) is -2.08. The van der Waals surface area contributed by atoms with Gasteiger partial charge in [0.2, 0.25) is 0 Å². The van der Waals surface area contributed by atoms with E-state index in [0.29, 0.717) is 0 Å². The summed E-state index contributed by atoms with van der Waals surface area (Å²) in [6.07, 6.45) is 3.77. The van der Waals surface area contributed by atoms with Crippen LogP contribution in [0.5, 0.6) is 0 Å². The SMILES string of the molecule is CCCCC[Si](OCC)(c1ccccc1)c1ccccc1. The third-order valence-corrected chi connectivity index (χ3v) is 8.37. The molecule has 2 rings (SSSR count). The molecule has 0 saturated heterocycles. The molecule has 0 atom stereocenters. The van der Waals surface area contributed by atoms with E-state index in [9.17, 15) is 0 Å². The highest BCUT2D eigenvalue weighted by Gasteiger charge is 2.38. The van der Waals surface area contributed by atoms with Crippen LogP contribution < -0.4 is 10.4 Å². The predicted octanol–water partition coefficient (Wildman–Crippen LogP) is 3.97. The second kappa shape index (κ2) is 8.16. The lowest BCUT2D eigenvalue weighted by Crippen LogP contribution is -2.60. The zero-order chi connectivity index (χ0) is 15.0. The van der Waals surface area contributed by atoms with Crippen LogP contribution in [0.25, 0.3) is 0 Å². The molecule has 2 aromatic rings. The molecule has 0 aromatic heterocycles. The van der Waals surface area contributed by atoms with Crippen molar-refractivity contribution < 1.29 is 4.43 Å². The monoisotopic (exact) mass is 298 g/mol. The molecule has 21 heavy (non-hydrogen) atoms. The third kappa shape index (κ3) is 3.83. The summed E-state index contributed by atoms with van der Waals surface area (Å²) in [6.45, 7) is 5.16. The van der Waals surface area contributed by atoms with Crippen LogP contribution in [0.4, 0.5) is 0 Å². The first-order valence-electron chi connectivity index (χ1n) is 8.08. The molecule has 0 saturated carbocycles. The van der Waals surface area contributed by atoms with Crippen molar-refractivity contribution in [3.05, 3.63) is 60.7 Å². The molecule has 0 aliphatic rings. The maximum absolute atomic E-state index is 6.49. The van der Waals surface area contributed by atoms with Crippen molar-refractivity contribution in [1.82, 2.24) is 0 Å². The summed E-state index contributed by atoms with van der Waals surface area (Å²) in [5.74, 6) is 0. The molecule has 0 aliphatic carbocycles. The topological polar surface area (TPSA) is 9.23 Å².